The van der Waals surface area contributed by atoms with Crippen molar-refractivity contribution in [3.05, 3.63) is 0 Å². The summed E-state index contributed by atoms with van der Waals surface area (Å²) >= 11 is 0. The molecule has 9 atom stereocenters. The van der Waals surface area contributed by atoms with Gasteiger partial charge in [-0.25, -0.2) is 0 Å². The summed E-state index contributed by atoms with van der Waals surface area (Å²) in [5.74, 6) is 10.5. The van der Waals surface area contributed by atoms with Gasteiger partial charge in [0.25, 0.3) is 0 Å². The van der Waals surface area contributed by atoms with Crippen LogP contribution in [0.4, 0.5) is 0 Å². The molecule has 0 aliphatic heterocycles. The molecule has 31 heavy (non-hydrogen) atoms. The summed E-state index contributed by atoms with van der Waals surface area (Å²) < 4.78 is 0. The molecule has 4 aliphatic carbocycles. The molecule has 0 aromatic carbocycles. The minimum Gasteiger partial charge on any atom is -0.0654 e. The van der Waals surface area contributed by atoms with Gasteiger partial charge in [0.1, 0.15) is 0 Å². The van der Waals surface area contributed by atoms with E-state index in [1.807, 2.05) is 0 Å². The maximum absolute atomic E-state index is 2.60. The van der Waals surface area contributed by atoms with Gasteiger partial charge in [-0.05, 0) is 91.3 Å². The molecule has 4 saturated carbocycles. The van der Waals surface area contributed by atoms with Crippen LogP contribution in [0.5, 0.6) is 0 Å². The standard InChI is InChI=1S/C20H36.C11H22/c1-3-4-12-18-15(2)14-17-11-8-13-19(17)20(18)16-9-6-5-7-10-16;1-5-11-7-8(2)6-9(3)10(11)4/h15-20H,3-14H2,1-2H3;8-11H,5-7H2,1-4H3. The molecule has 4 rings (SSSR count). The monoisotopic (exact) mass is 430 g/mol. The van der Waals surface area contributed by atoms with Crippen LogP contribution < -0.4 is 0 Å². The molecule has 4 aliphatic rings. The second-order valence-electron chi connectivity index (χ2n) is 12.9. The SMILES string of the molecule is CCC1CC(C)CC(C)C1C.CCCCC1C(C)CC2CCCC2C1C1CCCCC1. The van der Waals surface area contributed by atoms with Gasteiger partial charge in [0.05, 0.1) is 0 Å². The Bertz CT molecular complexity index is 488. The number of fused-ring (bicyclic) bond motifs is 1. The summed E-state index contributed by atoms with van der Waals surface area (Å²) in [6.07, 6.45) is 22.7. The molecular formula is C31H58. The van der Waals surface area contributed by atoms with Gasteiger partial charge in [-0.15, -0.1) is 0 Å². The van der Waals surface area contributed by atoms with E-state index in [0.717, 1.165) is 59.2 Å². The van der Waals surface area contributed by atoms with Crippen molar-refractivity contribution in [3.63, 3.8) is 0 Å². The van der Waals surface area contributed by atoms with Crippen LogP contribution in [0, 0.1) is 59.2 Å². The summed E-state index contributed by atoms with van der Waals surface area (Å²) in [4.78, 5) is 0. The Morgan fingerprint density at radius 1 is 0.677 bits per heavy atom. The fraction of sp³-hybridized carbons (Fsp3) is 1.00. The number of rotatable bonds is 5. The molecule has 0 N–H and O–H groups in total. The van der Waals surface area contributed by atoms with Crippen molar-refractivity contribution in [1.29, 1.82) is 0 Å². The van der Waals surface area contributed by atoms with Crippen molar-refractivity contribution in [2.45, 2.75) is 138 Å². The second-order valence-corrected chi connectivity index (χ2v) is 12.9. The average Bonchev–Trinajstić information content (AvgIpc) is 3.23. The van der Waals surface area contributed by atoms with Crippen LogP contribution in [-0.2, 0) is 0 Å². The third kappa shape index (κ3) is 6.53. The van der Waals surface area contributed by atoms with Crippen LogP contribution in [0.15, 0.2) is 0 Å². The fourth-order valence-corrected chi connectivity index (χ4v) is 9.03. The van der Waals surface area contributed by atoms with Crippen molar-refractivity contribution in [2.75, 3.05) is 0 Å². The summed E-state index contributed by atoms with van der Waals surface area (Å²) in [6, 6.07) is 0. The van der Waals surface area contributed by atoms with Gasteiger partial charge in [0.2, 0.25) is 0 Å². The summed E-state index contributed by atoms with van der Waals surface area (Å²) in [5.41, 5.74) is 0. The van der Waals surface area contributed by atoms with Crippen molar-refractivity contribution >= 4 is 0 Å². The average molecular weight is 431 g/mol. The number of hydrogen-bond donors (Lipinski definition) is 0. The van der Waals surface area contributed by atoms with E-state index < -0.39 is 0 Å². The Morgan fingerprint density at radius 3 is 2.06 bits per heavy atom. The van der Waals surface area contributed by atoms with Crippen molar-refractivity contribution in [2.24, 2.45) is 59.2 Å². The Kier molecular flexibility index (Phi) is 10.3. The molecule has 9 unspecified atom stereocenters. The first-order valence-electron chi connectivity index (χ1n) is 15.0. The molecule has 182 valence electrons. The van der Waals surface area contributed by atoms with Gasteiger partial charge in [-0.1, -0.05) is 106 Å². The molecule has 0 aromatic rings. The first kappa shape index (κ1) is 25.6. The second kappa shape index (κ2) is 12.5. The highest BCUT2D eigenvalue weighted by atomic mass is 14.5. The zero-order chi connectivity index (χ0) is 22.4. The highest BCUT2D eigenvalue weighted by Gasteiger charge is 2.47. The summed E-state index contributed by atoms with van der Waals surface area (Å²) in [6.45, 7) is 14.6. The molecule has 0 nitrogen and oxygen atoms in total. The van der Waals surface area contributed by atoms with Gasteiger partial charge in [-0.2, -0.15) is 0 Å². The Labute approximate surface area is 197 Å². The van der Waals surface area contributed by atoms with E-state index in [2.05, 4.69) is 41.5 Å². The summed E-state index contributed by atoms with van der Waals surface area (Å²) in [7, 11) is 0. The van der Waals surface area contributed by atoms with Crippen molar-refractivity contribution in [1.82, 2.24) is 0 Å². The van der Waals surface area contributed by atoms with Gasteiger partial charge in [0, 0.05) is 0 Å². The Morgan fingerprint density at radius 2 is 1.39 bits per heavy atom. The van der Waals surface area contributed by atoms with Gasteiger partial charge in [-0.3, -0.25) is 0 Å². The van der Waals surface area contributed by atoms with Crippen LogP contribution in [0.25, 0.3) is 0 Å². The lowest BCUT2D eigenvalue weighted by atomic mass is 9.56. The third-order valence-electron chi connectivity index (χ3n) is 10.8. The maximum atomic E-state index is 2.60. The first-order chi connectivity index (χ1) is 15.0. The van der Waals surface area contributed by atoms with E-state index in [0.29, 0.717) is 0 Å². The van der Waals surface area contributed by atoms with E-state index >= 15 is 0 Å². The lowest BCUT2D eigenvalue weighted by Crippen LogP contribution is -2.41. The minimum absolute atomic E-state index is 0.962. The number of hydrogen-bond acceptors (Lipinski definition) is 0. The third-order valence-corrected chi connectivity index (χ3v) is 10.8. The van der Waals surface area contributed by atoms with E-state index in [-0.39, 0.29) is 0 Å². The predicted molar refractivity (Wildman–Crippen MR) is 138 cm³/mol. The van der Waals surface area contributed by atoms with E-state index in [4.69, 9.17) is 0 Å². The van der Waals surface area contributed by atoms with E-state index in [9.17, 15) is 0 Å². The molecule has 4 fully saturated rings. The van der Waals surface area contributed by atoms with Crippen LogP contribution in [0.3, 0.4) is 0 Å². The zero-order valence-electron chi connectivity index (χ0n) is 22.4. The topological polar surface area (TPSA) is 0 Å². The molecule has 0 aromatic heterocycles. The van der Waals surface area contributed by atoms with Gasteiger partial charge >= 0.3 is 0 Å². The highest BCUT2D eigenvalue weighted by molar-refractivity contribution is 4.96. The summed E-state index contributed by atoms with van der Waals surface area (Å²) in [5, 5.41) is 0. The molecule has 0 saturated heterocycles. The minimum atomic E-state index is 0.962. The molecule has 0 heterocycles. The van der Waals surface area contributed by atoms with Crippen molar-refractivity contribution in [3.8, 4) is 0 Å². The van der Waals surface area contributed by atoms with E-state index in [1.54, 1.807) is 44.9 Å². The highest BCUT2D eigenvalue weighted by Crippen LogP contribution is 2.55. The lowest BCUT2D eigenvalue weighted by Gasteiger charge is -2.49. The lowest BCUT2D eigenvalue weighted by molar-refractivity contribution is 0.00254. The first-order valence-corrected chi connectivity index (χ1v) is 15.0. The van der Waals surface area contributed by atoms with E-state index in [1.165, 1.54) is 51.4 Å². The van der Waals surface area contributed by atoms with Crippen LogP contribution >= 0.6 is 0 Å². The Balaban J connectivity index is 0.000000210. The van der Waals surface area contributed by atoms with Gasteiger partial charge < -0.3 is 0 Å². The van der Waals surface area contributed by atoms with Gasteiger partial charge in [0.15, 0.2) is 0 Å². The van der Waals surface area contributed by atoms with Crippen LogP contribution in [0.1, 0.15) is 138 Å². The maximum Gasteiger partial charge on any atom is -0.0324 e. The number of unbranched alkanes of at least 4 members (excludes halogenated alkanes) is 1. The normalized spacial score (nSPS) is 43.7. The molecular weight excluding hydrogens is 372 g/mol. The van der Waals surface area contributed by atoms with Crippen LogP contribution in [0.2, 0.25) is 0 Å². The fourth-order valence-electron chi connectivity index (χ4n) is 9.03. The molecule has 0 radical (unpaired) electrons. The van der Waals surface area contributed by atoms with Crippen LogP contribution in [-0.4, -0.2) is 0 Å². The molecule has 0 spiro atoms. The zero-order valence-corrected chi connectivity index (χ0v) is 22.4. The smallest absolute Gasteiger partial charge is 0.0324 e. The molecule has 0 amide bonds. The predicted octanol–water partition coefficient (Wildman–Crippen LogP) is 10.2. The molecule has 0 heteroatoms. The quantitative estimate of drug-likeness (QED) is 0.407. The molecule has 0 bridgehead atoms. The largest absolute Gasteiger partial charge is 0.0654 e. The Hall–Kier alpha value is 0. The van der Waals surface area contributed by atoms with Crippen molar-refractivity contribution < 1.29 is 0 Å².